The van der Waals surface area contributed by atoms with Gasteiger partial charge in [-0.2, -0.15) is 0 Å². The Kier molecular flexibility index (Phi) is 5.51. The lowest BCUT2D eigenvalue weighted by Gasteiger charge is -2.26. The summed E-state index contributed by atoms with van der Waals surface area (Å²) in [4.78, 5) is 8.39. The molecule has 110 valence electrons. The van der Waals surface area contributed by atoms with Gasteiger partial charge in [-0.05, 0) is 19.9 Å². The maximum atomic E-state index is 11.6. The molecular formula is C15H17N2O3P. The predicted octanol–water partition coefficient (Wildman–Crippen LogP) is 3.62. The molecule has 0 unspecified atom stereocenters. The molecule has 6 heteroatoms. The summed E-state index contributed by atoms with van der Waals surface area (Å²) in [6.07, 6.45) is 3.38. The summed E-state index contributed by atoms with van der Waals surface area (Å²) >= 11 is 0. The van der Waals surface area contributed by atoms with Gasteiger partial charge in [-0.25, -0.2) is 9.97 Å². The minimum absolute atomic E-state index is 0.228. The van der Waals surface area contributed by atoms with E-state index >= 15 is 0 Å². The first-order valence-corrected chi connectivity index (χ1v) is 7.57. The number of ether oxygens (including phenoxy) is 2. The van der Waals surface area contributed by atoms with Crippen molar-refractivity contribution in [3.63, 3.8) is 0 Å². The maximum absolute atomic E-state index is 11.6. The average Bonchev–Trinajstić information content (AvgIpc) is 2.55. The largest absolute Gasteiger partial charge is 0.337 e. The molecule has 5 nitrogen and oxygen atoms in total. The van der Waals surface area contributed by atoms with E-state index < -0.39 is 5.53 Å². The number of nitrogens with zero attached hydrogens (tertiary/aromatic N) is 2. The fourth-order valence-electron chi connectivity index (χ4n) is 1.98. The molecule has 2 rings (SSSR count). The van der Waals surface area contributed by atoms with Gasteiger partial charge in [0.15, 0.2) is 5.82 Å². The standard InChI is InChI=1S/C15H17N2O3P/c1-3-19-15(21-18,20-4-2)13-8-6-12(7-9-13)14-16-10-5-11-17-14/h5-11H,3-4H2,1-2H3. The summed E-state index contributed by atoms with van der Waals surface area (Å²) in [5.41, 5.74) is 0.325. The molecule has 0 bridgehead atoms. The lowest BCUT2D eigenvalue weighted by molar-refractivity contribution is -0.176. The SMILES string of the molecule is CCOC(OCC)(P=O)c1ccc(-c2ncccn2)cc1. The Morgan fingerprint density at radius 3 is 2.10 bits per heavy atom. The van der Waals surface area contributed by atoms with Crippen molar-refractivity contribution in [2.75, 3.05) is 13.2 Å². The van der Waals surface area contributed by atoms with Crippen LogP contribution in [0.4, 0.5) is 0 Å². The molecule has 0 aliphatic rings. The lowest BCUT2D eigenvalue weighted by atomic mass is 10.1. The van der Waals surface area contributed by atoms with E-state index in [9.17, 15) is 4.57 Å². The van der Waals surface area contributed by atoms with Gasteiger partial charge in [0.25, 0.3) is 5.53 Å². The molecule has 0 radical (unpaired) electrons. The number of hydrogen-bond acceptors (Lipinski definition) is 5. The van der Waals surface area contributed by atoms with Crippen molar-refractivity contribution >= 4 is 8.46 Å². The first-order valence-electron chi connectivity index (χ1n) is 6.76. The normalized spacial score (nSPS) is 11.7. The summed E-state index contributed by atoms with van der Waals surface area (Å²) in [6, 6.07) is 9.14. The highest BCUT2D eigenvalue weighted by Gasteiger charge is 2.35. The van der Waals surface area contributed by atoms with E-state index in [4.69, 9.17) is 9.47 Å². The second-order valence-electron chi connectivity index (χ2n) is 4.19. The van der Waals surface area contributed by atoms with Gasteiger partial charge >= 0.3 is 0 Å². The first kappa shape index (κ1) is 15.7. The highest BCUT2D eigenvalue weighted by atomic mass is 31.1. The molecule has 2 aromatic rings. The lowest BCUT2D eigenvalue weighted by Crippen LogP contribution is -2.27. The smallest absolute Gasteiger partial charge is 0.278 e. The van der Waals surface area contributed by atoms with Crippen molar-refractivity contribution in [3.05, 3.63) is 48.3 Å². The molecule has 1 aromatic carbocycles. The summed E-state index contributed by atoms with van der Waals surface area (Å²) in [5.74, 6) is 0.641. The first-order chi connectivity index (χ1) is 10.3. The Bertz CT molecular complexity index is 569. The van der Waals surface area contributed by atoms with Crippen LogP contribution >= 0.6 is 8.46 Å². The topological polar surface area (TPSA) is 61.3 Å². The molecule has 0 fully saturated rings. The summed E-state index contributed by atoms with van der Waals surface area (Å²) in [5, 5.41) is 0. The Labute approximate surface area is 125 Å². The van der Waals surface area contributed by atoms with Crippen molar-refractivity contribution in [1.82, 2.24) is 9.97 Å². The molecule has 1 aromatic heterocycles. The van der Waals surface area contributed by atoms with E-state index in [1.54, 1.807) is 18.5 Å². The van der Waals surface area contributed by atoms with Crippen molar-refractivity contribution < 1.29 is 14.0 Å². The molecule has 0 N–H and O–H groups in total. The van der Waals surface area contributed by atoms with Crippen LogP contribution in [0, 0.1) is 0 Å². The fraction of sp³-hybridized carbons (Fsp3) is 0.333. The second-order valence-corrected chi connectivity index (χ2v) is 4.96. The van der Waals surface area contributed by atoms with Gasteiger partial charge in [0.1, 0.15) is 0 Å². The predicted molar refractivity (Wildman–Crippen MR) is 80.0 cm³/mol. The molecule has 0 aliphatic carbocycles. The third-order valence-electron chi connectivity index (χ3n) is 2.87. The number of benzene rings is 1. The Hall–Kier alpha value is -1.68. The average molecular weight is 304 g/mol. The van der Waals surface area contributed by atoms with Gasteiger partial charge in [0.2, 0.25) is 8.46 Å². The van der Waals surface area contributed by atoms with E-state index in [0.717, 1.165) is 5.56 Å². The third kappa shape index (κ3) is 3.50. The molecule has 1 heterocycles. The van der Waals surface area contributed by atoms with E-state index in [-0.39, 0.29) is 8.46 Å². The van der Waals surface area contributed by atoms with E-state index in [0.29, 0.717) is 24.6 Å². The van der Waals surface area contributed by atoms with Crippen molar-refractivity contribution in [2.24, 2.45) is 0 Å². The Balaban J connectivity index is 2.33. The summed E-state index contributed by atoms with van der Waals surface area (Å²) in [7, 11) is -0.228. The highest BCUT2D eigenvalue weighted by molar-refractivity contribution is 7.24. The quantitative estimate of drug-likeness (QED) is 0.577. The molecule has 21 heavy (non-hydrogen) atoms. The highest BCUT2D eigenvalue weighted by Crippen LogP contribution is 2.38. The van der Waals surface area contributed by atoms with Crippen LogP contribution in [0.5, 0.6) is 0 Å². The molecule has 0 spiro atoms. The number of hydrogen-bond donors (Lipinski definition) is 0. The molecular weight excluding hydrogens is 287 g/mol. The van der Waals surface area contributed by atoms with Crippen molar-refractivity contribution in [2.45, 2.75) is 19.4 Å². The zero-order valence-corrected chi connectivity index (χ0v) is 12.9. The number of aromatic nitrogens is 2. The van der Waals surface area contributed by atoms with Gasteiger partial charge in [-0.1, -0.05) is 24.3 Å². The maximum Gasteiger partial charge on any atom is 0.278 e. The van der Waals surface area contributed by atoms with Gasteiger partial charge in [0, 0.05) is 36.7 Å². The van der Waals surface area contributed by atoms with Gasteiger partial charge in [-0.3, -0.25) is 4.57 Å². The van der Waals surface area contributed by atoms with Gasteiger partial charge < -0.3 is 9.47 Å². The van der Waals surface area contributed by atoms with Crippen LogP contribution in [0.25, 0.3) is 11.4 Å². The third-order valence-corrected chi connectivity index (χ3v) is 3.63. The van der Waals surface area contributed by atoms with Crippen LogP contribution < -0.4 is 0 Å². The van der Waals surface area contributed by atoms with Gasteiger partial charge in [0.05, 0.1) is 0 Å². The minimum Gasteiger partial charge on any atom is -0.337 e. The van der Waals surface area contributed by atoms with Crippen LogP contribution in [0.3, 0.4) is 0 Å². The number of rotatable bonds is 7. The molecule has 0 amide bonds. The van der Waals surface area contributed by atoms with Crippen molar-refractivity contribution in [1.29, 1.82) is 0 Å². The van der Waals surface area contributed by atoms with E-state index in [1.807, 2.05) is 38.1 Å². The van der Waals surface area contributed by atoms with Crippen LogP contribution in [0.2, 0.25) is 0 Å². The molecule has 0 aliphatic heterocycles. The Morgan fingerprint density at radius 1 is 1.05 bits per heavy atom. The molecule has 0 saturated carbocycles. The van der Waals surface area contributed by atoms with Crippen LogP contribution in [0.1, 0.15) is 19.4 Å². The monoisotopic (exact) mass is 304 g/mol. The minimum atomic E-state index is -1.25. The zero-order chi connectivity index (χ0) is 15.1. The Morgan fingerprint density at radius 2 is 1.62 bits per heavy atom. The van der Waals surface area contributed by atoms with Crippen LogP contribution in [-0.2, 0) is 19.6 Å². The zero-order valence-electron chi connectivity index (χ0n) is 12.0. The fourth-order valence-corrected chi connectivity index (χ4v) is 2.60. The molecule has 0 saturated heterocycles. The van der Waals surface area contributed by atoms with Crippen molar-refractivity contribution in [3.8, 4) is 11.4 Å². The van der Waals surface area contributed by atoms with Crippen LogP contribution in [0.15, 0.2) is 42.7 Å². The van der Waals surface area contributed by atoms with E-state index in [2.05, 4.69) is 9.97 Å². The summed E-state index contributed by atoms with van der Waals surface area (Å²) in [6.45, 7) is 4.48. The van der Waals surface area contributed by atoms with Crippen LogP contribution in [-0.4, -0.2) is 23.2 Å². The molecule has 0 atom stereocenters. The second kappa shape index (κ2) is 7.36. The van der Waals surface area contributed by atoms with Gasteiger partial charge in [-0.15, -0.1) is 0 Å². The van der Waals surface area contributed by atoms with E-state index in [1.165, 1.54) is 0 Å². The summed E-state index contributed by atoms with van der Waals surface area (Å²) < 4.78 is 22.7.